The van der Waals surface area contributed by atoms with Gasteiger partial charge in [0.05, 0.1) is 18.8 Å². The zero-order valence-corrected chi connectivity index (χ0v) is 16.8. The third-order valence-corrected chi connectivity index (χ3v) is 6.28. The average molecular weight is 365 g/mol. The van der Waals surface area contributed by atoms with Gasteiger partial charge in [0, 0.05) is 18.3 Å². The largest absolute Gasteiger partial charge is 0.469 e. The maximum atomic E-state index is 11.7. The minimum absolute atomic E-state index is 0.0405. The molecule has 1 saturated carbocycles. The molecule has 2 saturated heterocycles. The fraction of sp³-hybridized carbons (Fsp3) is 0.864. The minimum atomic E-state index is -0.120. The van der Waals surface area contributed by atoms with Crippen molar-refractivity contribution in [2.24, 2.45) is 17.3 Å². The normalized spacial score (nSPS) is 32.4. The van der Waals surface area contributed by atoms with Crippen LogP contribution in [0.3, 0.4) is 0 Å². The molecule has 0 bridgehead atoms. The van der Waals surface area contributed by atoms with Crippen molar-refractivity contribution in [3.63, 3.8) is 0 Å². The van der Waals surface area contributed by atoms with E-state index in [2.05, 4.69) is 26.8 Å². The lowest BCUT2D eigenvalue weighted by molar-refractivity contribution is -0.145. The predicted molar refractivity (Wildman–Crippen MR) is 101 cm³/mol. The van der Waals surface area contributed by atoms with Crippen LogP contribution in [0.5, 0.6) is 0 Å². The summed E-state index contributed by atoms with van der Waals surface area (Å²) in [4.78, 5) is 11.7. The summed E-state index contributed by atoms with van der Waals surface area (Å²) in [5.74, 6) is 1.61. The van der Waals surface area contributed by atoms with E-state index < -0.39 is 0 Å². The second-order valence-electron chi connectivity index (χ2n) is 9.07. The number of hydrogen-bond acceptors (Lipinski definition) is 4. The third-order valence-electron chi connectivity index (χ3n) is 6.28. The molecule has 3 fully saturated rings. The molecule has 148 valence electrons. The first-order valence-corrected chi connectivity index (χ1v) is 10.7. The molecule has 3 aliphatic rings. The Morgan fingerprint density at radius 2 is 2.12 bits per heavy atom. The maximum Gasteiger partial charge on any atom is 0.306 e. The van der Waals surface area contributed by atoms with Gasteiger partial charge in [-0.15, -0.1) is 0 Å². The Bertz CT molecular complexity index is 504. The molecular formula is C22H36O4. The molecule has 0 amide bonds. The summed E-state index contributed by atoms with van der Waals surface area (Å²) >= 11 is 0. The summed E-state index contributed by atoms with van der Waals surface area (Å²) < 4.78 is 17.7. The number of fused-ring (bicyclic) bond motifs is 1. The number of carbonyl (C=O) groups excluding carboxylic acids is 1. The first-order chi connectivity index (χ1) is 12.5. The standard InChI is InChI=1S/C22H36O4/c1-4-5-12-22(2,3)13-11-19(26-21-8-6-7-14-24-21)16-9-10-18-17(16)15-20(23)25-18/h11,16-18,21H,4-10,12-15H2,1-3H3/t16-,17+,18+,21?/m0/s1. The molecule has 0 N–H and O–H groups in total. The quantitative estimate of drug-likeness (QED) is 0.429. The van der Waals surface area contributed by atoms with E-state index in [1.165, 1.54) is 19.3 Å². The second kappa shape index (κ2) is 8.77. The lowest BCUT2D eigenvalue weighted by atomic mass is 9.82. The SMILES string of the molecule is CCCCC(C)(C)CC=C(OC1CCCCO1)[C@H]1CC[C@H]2OC(=O)C[C@H]12. The number of esters is 1. The van der Waals surface area contributed by atoms with Gasteiger partial charge in [-0.3, -0.25) is 4.79 Å². The topological polar surface area (TPSA) is 44.8 Å². The van der Waals surface area contributed by atoms with Crippen LogP contribution in [-0.4, -0.2) is 25.0 Å². The molecule has 1 aliphatic carbocycles. The summed E-state index contributed by atoms with van der Waals surface area (Å²) in [6, 6.07) is 0. The van der Waals surface area contributed by atoms with Gasteiger partial charge in [0.15, 0.2) is 6.29 Å². The van der Waals surface area contributed by atoms with E-state index in [0.717, 1.165) is 50.9 Å². The highest BCUT2D eigenvalue weighted by atomic mass is 16.7. The smallest absolute Gasteiger partial charge is 0.306 e. The Labute approximate surface area is 158 Å². The van der Waals surface area contributed by atoms with Crippen LogP contribution in [0.4, 0.5) is 0 Å². The van der Waals surface area contributed by atoms with Gasteiger partial charge in [-0.05, 0) is 50.0 Å². The Morgan fingerprint density at radius 3 is 2.85 bits per heavy atom. The van der Waals surface area contributed by atoms with Crippen molar-refractivity contribution < 1.29 is 19.0 Å². The lowest BCUT2D eigenvalue weighted by Crippen LogP contribution is -2.26. The zero-order chi connectivity index (χ0) is 18.6. The molecule has 0 radical (unpaired) electrons. The van der Waals surface area contributed by atoms with Crippen LogP contribution in [0, 0.1) is 17.3 Å². The minimum Gasteiger partial charge on any atom is -0.469 e. The number of unbranched alkanes of at least 4 members (excludes halogenated alkanes) is 1. The molecule has 4 atom stereocenters. The average Bonchev–Trinajstić information content (AvgIpc) is 3.17. The number of ether oxygens (including phenoxy) is 3. The molecule has 1 unspecified atom stereocenters. The first-order valence-electron chi connectivity index (χ1n) is 10.7. The summed E-state index contributed by atoms with van der Waals surface area (Å²) in [5.41, 5.74) is 0.276. The van der Waals surface area contributed by atoms with Crippen molar-refractivity contribution in [2.75, 3.05) is 6.61 Å². The van der Waals surface area contributed by atoms with Crippen molar-refractivity contribution in [1.82, 2.24) is 0 Å². The molecule has 0 aromatic carbocycles. The highest BCUT2D eigenvalue weighted by molar-refractivity contribution is 5.72. The molecule has 26 heavy (non-hydrogen) atoms. The highest BCUT2D eigenvalue weighted by Crippen LogP contribution is 2.46. The van der Waals surface area contributed by atoms with E-state index in [-0.39, 0.29) is 29.7 Å². The summed E-state index contributed by atoms with van der Waals surface area (Å²) in [5, 5.41) is 0. The van der Waals surface area contributed by atoms with Gasteiger partial charge in [0.1, 0.15) is 6.10 Å². The lowest BCUT2D eigenvalue weighted by Gasteiger charge is -2.30. The van der Waals surface area contributed by atoms with Gasteiger partial charge in [-0.25, -0.2) is 0 Å². The van der Waals surface area contributed by atoms with Crippen molar-refractivity contribution >= 4 is 5.97 Å². The Balaban J connectivity index is 1.70. The van der Waals surface area contributed by atoms with Gasteiger partial charge in [0.25, 0.3) is 0 Å². The van der Waals surface area contributed by atoms with Crippen molar-refractivity contribution in [3.05, 3.63) is 11.8 Å². The summed E-state index contributed by atoms with van der Waals surface area (Å²) in [6.45, 7) is 7.72. The van der Waals surface area contributed by atoms with Crippen molar-refractivity contribution in [1.29, 1.82) is 0 Å². The van der Waals surface area contributed by atoms with Gasteiger partial charge in [-0.1, -0.05) is 33.6 Å². The van der Waals surface area contributed by atoms with Crippen molar-refractivity contribution in [3.8, 4) is 0 Å². The molecule has 0 aromatic rings. The second-order valence-corrected chi connectivity index (χ2v) is 9.07. The third kappa shape index (κ3) is 5.03. The molecule has 2 heterocycles. The predicted octanol–water partition coefficient (Wildman–Crippen LogP) is 5.36. The molecule has 2 aliphatic heterocycles. The molecule has 4 nitrogen and oxygen atoms in total. The monoisotopic (exact) mass is 364 g/mol. The summed E-state index contributed by atoms with van der Waals surface area (Å²) in [6.07, 6.45) is 12.8. The van der Waals surface area contributed by atoms with Gasteiger partial charge < -0.3 is 14.2 Å². The Morgan fingerprint density at radius 1 is 1.27 bits per heavy atom. The maximum absolute atomic E-state index is 11.7. The van der Waals surface area contributed by atoms with E-state index in [4.69, 9.17) is 14.2 Å². The van der Waals surface area contributed by atoms with E-state index in [1.807, 2.05) is 0 Å². The highest BCUT2D eigenvalue weighted by Gasteiger charge is 2.47. The fourth-order valence-corrected chi connectivity index (χ4v) is 4.59. The van der Waals surface area contributed by atoms with Gasteiger partial charge >= 0.3 is 5.97 Å². The number of hydrogen-bond donors (Lipinski definition) is 0. The van der Waals surface area contributed by atoms with Crippen LogP contribution in [0.2, 0.25) is 0 Å². The molecular weight excluding hydrogens is 328 g/mol. The molecule has 0 spiro atoms. The first kappa shape index (κ1) is 19.7. The Hall–Kier alpha value is -1.03. The van der Waals surface area contributed by atoms with Gasteiger partial charge in [0.2, 0.25) is 0 Å². The van der Waals surface area contributed by atoms with Crippen LogP contribution in [0.15, 0.2) is 11.8 Å². The number of allylic oxidation sites excluding steroid dienone is 2. The molecule has 4 heteroatoms. The van der Waals surface area contributed by atoms with E-state index in [9.17, 15) is 4.79 Å². The van der Waals surface area contributed by atoms with Crippen LogP contribution in [0.1, 0.15) is 85.0 Å². The summed E-state index contributed by atoms with van der Waals surface area (Å²) in [7, 11) is 0. The van der Waals surface area contributed by atoms with E-state index in [1.54, 1.807) is 0 Å². The number of carbonyl (C=O) groups is 1. The van der Waals surface area contributed by atoms with Crippen LogP contribution >= 0.6 is 0 Å². The van der Waals surface area contributed by atoms with Crippen molar-refractivity contribution in [2.45, 2.75) is 97.4 Å². The molecule has 0 aromatic heterocycles. The zero-order valence-electron chi connectivity index (χ0n) is 16.8. The molecule has 3 rings (SSSR count). The van der Waals surface area contributed by atoms with Crippen LogP contribution in [-0.2, 0) is 19.0 Å². The van der Waals surface area contributed by atoms with E-state index >= 15 is 0 Å². The Kier molecular flexibility index (Phi) is 6.65. The number of rotatable bonds is 8. The van der Waals surface area contributed by atoms with Gasteiger partial charge in [-0.2, -0.15) is 0 Å². The van der Waals surface area contributed by atoms with E-state index in [0.29, 0.717) is 12.3 Å². The fourth-order valence-electron chi connectivity index (χ4n) is 4.59. The van der Waals surface area contributed by atoms with Crippen LogP contribution in [0.25, 0.3) is 0 Å². The van der Waals surface area contributed by atoms with Crippen LogP contribution < -0.4 is 0 Å².